The van der Waals surface area contributed by atoms with Gasteiger partial charge in [-0.15, -0.1) is 0 Å². The van der Waals surface area contributed by atoms with Gasteiger partial charge in [0.15, 0.2) is 9.84 Å². The molecule has 2 N–H and O–H groups in total. The lowest BCUT2D eigenvalue weighted by Gasteiger charge is -2.17. The summed E-state index contributed by atoms with van der Waals surface area (Å²) in [5, 5.41) is 6.91. The first-order valence-electron chi connectivity index (χ1n) is 5.88. The third-order valence-electron chi connectivity index (χ3n) is 2.61. The van der Waals surface area contributed by atoms with Crippen LogP contribution in [-0.4, -0.2) is 52.4 Å². The van der Waals surface area contributed by atoms with Gasteiger partial charge >= 0.3 is 0 Å². The molecule has 0 aromatic carbocycles. The quantitative estimate of drug-likeness (QED) is 0.608. The Bertz CT molecular complexity index is 405. The van der Waals surface area contributed by atoms with Gasteiger partial charge in [-0.3, -0.25) is 10.1 Å². The van der Waals surface area contributed by atoms with Crippen molar-refractivity contribution in [2.45, 2.75) is 25.4 Å². The summed E-state index contributed by atoms with van der Waals surface area (Å²) in [5.41, 5.74) is 0. The van der Waals surface area contributed by atoms with E-state index < -0.39 is 15.9 Å². The molecule has 7 heteroatoms. The summed E-state index contributed by atoms with van der Waals surface area (Å²) in [4.78, 5) is 11.7. The molecule has 1 aliphatic heterocycles. The van der Waals surface area contributed by atoms with E-state index in [-0.39, 0.29) is 17.7 Å². The lowest BCUT2D eigenvalue weighted by atomic mass is 10.2. The number of nitrogens with one attached hydrogen (secondary N) is 2. The SMILES string of the molecule is COCCCNC(=O)C(C)NC1C=CS(=O)(=O)C1. The molecule has 0 radical (unpaired) electrons. The fraction of sp³-hybridized carbons (Fsp3) is 0.727. The number of carbonyl (C=O) groups is 1. The van der Waals surface area contributed by atoms with Crippen LogP contribution < -0.4 is 10.6 Å². The van der Waals surface area contributed by atoms with E-state index in [1.54, 1.807) is 20.1 Å². The molecule has 1 aliphatic rings. The Balaban J connectivity index is 2.26. The maximum absolute atomic E-state index is 11.7. The van der Waals surface area contributed by atoms with Gasteiger partial charge in [0.1, 0.15) is 0 Å². The molecule has 0 bridgehead atoms. The third kappa shape index (κ3) is 5.16. The Morgan fingerprint density at radius 1 is 1.56 bits per heavy atom. The number of sulfone groups is 1. The molecule has 2 atom stereocenters. The second kappa shape index (κ2) is 6.86. The standard InChI is InChI=1S/C11H20N2O4S/c1-9(11(14)12-5-3-6-17-2)13-10-4-7-18(15,16)8-10/h4,7,9-10,13H,3,5-6,8H2,1-2H3,(H,12,14). The molecule has 0 aliphatic carbocycles. The number of methoxy groups -OCH3 is 1. The van der Waals surface area contributed by atoms with Gasteiger partial charge in [0.25, 0.3) is 0 Å². The van der Waals surface area contributed by atoms with Crippen molar-refractivity contribution in [2.24, 2.45) is 0 Å². The number of rotatable bonds is 7. The molecule has 0 saturated carbocycles. The van der Waals surface area contributed by atoms with Crippen LogP contribution >= 0.6 is 0 Å². The van der Waals surface area contributed by atoms with E-state index in [1.165, 1.54) is 5.41 Å². The molecule has 0 spiro atoms. The Morgan fingerprint density at radius 3 is 2.83 bits per heavy atom. The summed E-state index contributed by atoms with van der Waals surface area (Å²) in [6, 6.07) is -0.703. The second-order valence-electron chi connectivity index (χ2n) is 4.29. The first kappa shape index (κ1) is 15.1. The highest BCUT2D eigenvalue weighted by molar-refractivity contribution is 7.94. The monoisotopic (exact) mass is 276 g/mol. The van der Waals surface area contributed by atoms with Gasteiger partial charge < -0.3 is 10.1 Å². The zero-order valence-corrected chi connectivity index (χ0v) is 11.5. The van der Waals surface area contributed by atoms with Crippen LogP contribution in [0, 0.1) is 0 Å². The Hall–Kier alpha value is -0.920. The minimum Gasteiger partial charge on any atom is -0.385 e. The Kier molecular flexibility index (Phi) is 5.77. The zero-order chi connectivity index (χ0) is 13.6. The lowest BCUT2D eigenvalue weighted by Crippen LogP contribution is -2.47. The highest BCUT2D eigenvalue weighted by Crippen LogP contribution is 2.08. The van der Waals surface area contributed by atoms with Crippen molar-refractivity contribution in [3.05, 3.63) is 11.5 Å². The third-order valence-corrected chi connectivity index (χ3v) is 4.01. The van der Waals surface area contributed by atoms with Crippen molar-refractivity contribution in [2.75, 3.05) is 26.0 Å². The summed E-state index contributed by atoms with van der Waals surface area (Å²) in [6.07, 6.45) is 2.33. The van der Waals surface area contributed by atoms with Gasteiger partial charge in [-0.25, -0.2) is 8.42 Å². The van der Waals surface area contributed by atoms with E-state index in [4.69, 9.17) is 4.74 Å². The largest absolute Gasteiger partial charge is 0.385 e. The molecular formula is C11H20N2O4S. The number of hydrogen-bond acceptors (Lipinski definition) is 5. The van der Waals surface area contributed by atoms with E-state index in [2.05, 4.69) is 10.6 Å². The summed E-state index contributed by atoms with van der Waals surface area (Å²) in [5.74, 6) is -0.113. The fourth-order valence-electron chi connectivity index (χ4n) is 1.66. The van der Waals surface area contributed by atoms with Gasteiger partial charge in [0.2, 0.25) is 5.91 Å². The van der Waals surface area contributed by atoms with E-state index in [9.17, 15) is 13.2 Å². The van der Waals surface area contributed by atoms with Crippen LogP contribution in [0.1, 0.15) is 13.3 Å². The first-order chi connectivity index (χ1) is 8.44. The van der Waals surface area contributed by atoms with Crippen molar-refractivity contribution in [1.82, 2.24) is 10.6 Å². The van der Waals surface area contributed by atoms with Crippen LogP contribution in [0.25, 0.3) is 0 Å². The molecule has 0 fully saturated rings. The van der Waals surface area contributed by atoms with Crippen molar-refractivity contribution >= 4 is 15.7 Å². The normalized spacial score (nSPS) is 22.9. The molecule has 1 heterocycles. The molecule has 2 unspecified atom stereocenters. The minimum atomic E-state index is -3.08. The minimum absolute atomic E-state index is 0.0221. The second-order valence-corrected chi connectivity index (χ2v) is 6.22. The van der Waals surface area contributed by atoms with E-state index in [0.29, 0.717) is 13.2 Å². The van der Waals surface area contributed by atoms with Crippen LogP contribution in [0.4, 0.5) is 0 Å². The maximum atomic E-state index is 11.7. The molecular weight excluding hydrogens is 256 g/mol. The molecule has 0 aromatic rings. The summed E-state index contributed by atoms with van der Waals surface area (Å²) in [7, 11) is -1.47. The average molecular weight is 276 g/mol. The fourth-order valence-corrected chi connectivity index (χ4v) is 2.91. The van der Waals surface area contributed by atoms with E-state index >= 15 is 0 Å². The van der Waals surface area contributed by atoms with Gasteiger partial charge in [-0.2, -0.15) is 0 Å². The van der Waals surface area contributed by atoms with Crippen molar-refractivity contribution in [1.29, 1.82) is 0 Å². The maximum Gasteiger partial charge on any atom is 0.236 e. The highest BCUT2D eigenvalue weighted by atomic mass is 32.2. The lowest BCUT2D eigenvalue weighted by molar-refractivity contribution is -0.122. The van der Waals surface area contributed by atoms with Crippen molar-refractivity contribution < 1.29 is 17.9 Å². The molecule has 18 heavy (non-hydrogen) atoms. The number of amides is 1. The van der Waals surface area contributed by atoms with Crippen LogP contribution in [0.15, 0.2) is 11.5 Å². The van der Waals surface area contributed by atoms with E-state index in [0.717, 1.165) is 6.42 Å². The van der Waals surface area contributed by atoms with Gasteiger partial charge in [0.05, 0.1) is 11.8 Å². The highest BCUT2D eigenvalue weighted by Gasteiger charge is 2.24. The van der Waals surface area contributed by atoms with Crippen molar-refractivity contribution in [3.63, 3.8) is 0 Å². The number of carbonyl (C=O) groups excluding carboxylic acids is 1. The molecule has 0 saturated heterocycles. The van der Waals surface area contributed by atoms with E-state index in [1.807, 2.05) is 0 Å². The Labute approximate surface area is 108 Å². The van der Waals surface area contributed by atoms with Crippen molar-refractivity contribution in [3.8, 4) is 0 Å². The molecule has 6 nitrogen and oxygen atoms in total. The smallest absolute Gasteiger partial charge is 0.236 e. The van der Waals surface area contributed by atoms with Gasteiger partial charge in [-0.1, -0.05) is 6.08 Å². The number of ether oxygens (including phenoxy) is 1. The van der Waals surface area contributed by atoms with Crippen LogP contribution in [-0.2, 0) is 19.4 Å². The zero-order valence-electron chi connectivity index (χ0n) is 10.7. The number of hydrogen-bond donors (Lipinski definition) is 2. The van der Waals surface area contributed by atoms with Crippen LogP contribution in [0.2, 0.25) is 0 Å². The predicted octanol–water partition coefficient (Wildman–Crippen LogP) is -0.572. The summed E-state index contributed by atoms with van der Waals surface area (Å²) in [6.45, 7) is 2.87. The summed E-state index contributed by atoms with van der Waals surface area (Å²) >= 11 is 0. The predicted molar refractivity (Wildman–Crippen MR) is 68.8 cm³/mol. The van der Waals surface area contributed by atoms with Gasteiger partial charge in [0, 0.05) is 31.7 Å². The summed E-state index contributed by atoms with van der Waals surface area (Å²) < 4.78 is 27.3. The van der Waals surface area contributed by atoms with Gasteiger partial charge in [-0.05, 0) is 13.3 Å². The van der Waals surface area contributed by atoms with Crippen LogP contribution in [0.5, 0.6) is 0 Å². The molecule has 0 aromatic heterocycles. The molecule has 1 amide bonds. The average Bonchev–Trinajstić information content (AvgIpc) is 2.63. The molecule has 104 valence electrons. The topological polar surface area (TPSA) is 84.5 Å². The first-order valence-corrected chi connectivity index (χ1v) is 7.60. The Morgan fingerprint density at radius 2 is 2.28 bits per heavy atom. The van der Waals surface area contributed by atoms with Crippen LogP contribution in [0.3, 0.4) is 0 Å². The molecule has 1 rings (SSSR count).